The van der Waals surface area contributed by atoms with E-state index < -0.39 is 0 Å². The molecule has 0 saturated heterocycles. The van der Waals surface area contributed by atoms with Gasteiger partial charge in [-0.15, -0.1) is 0 Å². The fourth-order valence-electron chi connectivity index (χ4n) is 2.67. The first-order valence-electron chi connectivity index (χ1n) is 8.67. The number of carbonyl (C=O) groups excluding carboxylic acids is 1. The first kappa shape index (κ1) is 18.5. The van der Waals surface area contributed by atoms with Crippen molar-refractivity contribution in [2.75, 3.05) is 19.0 Å². The monoisotopic (exact) mass is 366 g/mol. The Morgan fingerprint density at radius 2 is 2.00 bits per heavy atom. The molecule has 0 aliphatic rings. The number of amides is 1. The van der Waals surface area contributed by atoms with E-state index in [1.165, 1.54) is 10.9 Å². The fourth-order valence-corrected chi connectivity index (χ4v) is 2.67. The maximum atomic E-state index is 12.4. The Hall–Kier alpha value is -3.29. The van der Waals surface area contributed by atoms with Gasteiger partial charge in [-0.1, -0.05) is 12.1 Å². The Morgan fingerprint density at radius 1 is 1.22 bits per heavy atom. The maximum absolute atomic E-state index is 12.4. The second-order valence-corrected chi connectivity index (χ2v) is 6.47. The van der Waals surface area contributed by atoms with Crippen LogP contribution in [0.5, 0.6) is 0 Å². The van der Waals surface area contributed by atoms with Crippen LogP contribution in [0, 0.1) is 6.92 Å². The zero-order valence-corrected chi connectivity index (χ0v) is 15.6. The minimum absolute atomic E-state index is 0.147. The van der Waals surface area contributed by atoms with Crippen LogP contribution in [-0.2, 0) is 17.9 Å². The number of benzene rings is 1. The molecule has 1 aromatic carbocycles. The van der Waals surface area contributed by atoms with E-state index in [1.807, 2.05) is 38.1 Å². The minimum Gasteiger partial charge on any atom is -0.363 e. The van der Waals surface area contributed by atoms with Gasteiger partial charge in [0.1, 0.15) is 11.6 Å². The molecular weight excluding hydrogens is 344 g/mol. The van der Waals surface area contributed by atoms with Gasteiger partial charge >= 0.3 is 0 Å². The lowest BCUT2D eigenvalue weighted by molar-refractivity contribution is -0.121. The summed E-state index contributed by atoms with van der Waals surface area (Å²) < 4.78 is 1.45. The van der Waals surface area contributed by atoms with Gasteiger partial charge < -0.3 is 10.2 Å². The van der Waals surface area contributed by atoms with Crippen molar-refractivity contribution < 1.29 is 4.79 Å². The molecule has 0 fully saturated rings. The third-order valence-electron chi connectivity index (χ3n) is 4.10. The van der Waals surface area contributed by atoms with Crippen molar-refractivity contribution in [3.05, 3.63) is 58.5 Å². The first-order valence-corrected chi connectivity index (χ1v) is 8.67. The molecule has 0 radical (unpaired) electrons. The molecule has 0 aliphatic heterocycles. The Labute approximate surface area is 156 Å². The first-order chi connectivity index (χ1) is 12.9. The smallest absolute Gasteiger partial charge is 0.261 e. The van der Waals surface area contributed by atoms with E-state index in [4.69, 9.17) is 0 Å². The summed E-state index contributed by atoms with van der Waals surface area (Å²) in [5.74, 6) is 1.17. The average Bonchev–Trinajstić information content (AvgIpc) is 2.65. The maximum Gasteiger partial charge on any atom is 0.261 e. The summed E-state index contributed by atoms with van der Waals surface area (Å²) in [6.07, 6.45) is 1.65. The molecule has 3 rings (SSSR count). The van der Waals surface area contributed by atoms with Crippen molar-refractivity contribution in [1.29, 1.82) is 0 Å². The third-order valence-corrected chi connectivity index (χ3v) is 4.10. The van der Waals surface area contributed by atoms with Gasteiger partial charge in [0.25, 0.3) is 5.56 Å². The number of fused-ring (bicyclic) bond motifs is 1. The lowest BCUT2D eigenvalue weighted by Gasteiger charge is -2.13. The van der Waals surface area contributed by atoms with Gasteiger partial charge in [0.15, 0.2) is 0 Å². The van der Waals surface area contributed by atoms with E-state index in [2.05, 4.69) is 20.3 Å². The van der Waals surface area contributed by atoms with Crippen LogP contribution in [0.4, 0.5) is 5.82 Å². The van der Waals surface area contributed by atoms with Crippen molar-refractivity contribution >= 4 is 22.6 Å². The normalized spacial score (nSPS) is 10.8. The number of carbonyl (C=O) groups is 1. The number of aryl methyl sites for hydroxylation is 2. The molecule has 0 bridgehead atoms. The highest BCUT2D eigenvalue weighted by Gasteiger charge is 2.08. The molecule has 140 valence electrons. The van der Waals surface area contributed by atoms with Crippen molar-refractivity contribution in [2.45, 2.75) is 26.4 Å². The Bertz CT molecular complexity index is 1030. The molecule has 1 amide bonds. The Balaban J connectivity index is 1.61. The van der Waals surface area contributed by atoms with Crippen LogP contribution in [0.25, 0.3) is 10.9 Å². The number of hydrogen-bond donors (Lipinski definition) is 1. The highest BCUT2D eigenvalue weighted by molar-refractivity contribution is 5.77. The number of nitrogens with zero attached hydrogens (tertiary/aromatic N) is 5. The minimum atomic E-state index is -0.174. The summed E-state index contributed by atoms with van der Waals surface area (Å²) in [5.41, 5.74) is 1.34. The third kappa shape index (κ3) is 4.46. The Morgan fingerprint density at radius 3 is 2.78 bits per heavy atom. The van der Waals surface area contributed by atoms with E-state index in [9.17, 15) is 9.59 Å². The van der Waals surface area contributed by atoms with Gasteiger partial charge in [-0.25, -0.2) is 15.0 Å². The summed E-state index contributed by atoms with van der Waals surface area (Å²) in [4.78, 5) is 39.5. The zero-order valence-electron chi connectivity index (χ0n) is 15.6. The fraction of sp³-hybridized carbons (Fsp3) is 0.316. The van der Waals surface area contributed by atoms with E-state index in [0.717, 1.165) is 11.5 Å². The topological polar surface area (TPSA) is 93.0 Å². The molecule has 8 heteroatoms. The predicted octanol–water partition coefficient (Wildman–Crippen LogP) is 1.27. The highest BCUT2D eigenvalue weighted by atomic mass is 16.1. The summed E-state index contributed by atoms with van der Waals surface area (Å²) in [6, 6.07) is 9.04. The van der Waals surface area contributed by atoms with Crippen LogP contribution in [0.3, 0.4) is 0 Å². The number of hydrogen-bond acceptors (Lipinski definition) is 6. The number of rotatable bonds is 6. The lowest BCUT2D eigenvalue weighted by Crippen LogP contribution is -2.28. The Kier molecular flexibility index (Phi) is 5.44. The van der Waals surface area contributed by atoms with Crippen LogP contribution in [0.2, 0.25) is 0 Å². The molecular formula is C19H22N6O2. The predicted molar refractivity (Wildman–Crippen MR) is 104 cm³/mol. The number of nitrogens with one attached hydrogen (secondary N) is 1. The number of para-hydroxylation sites is 1. The average molecular weight is 366 g/mol. The van der Waals surface area contributed by atoms with Gasteiger partial charge in [0, 0.05) is 38.8 Å². The van der Waals surface area contributed by atoms with Crippen molar-refractivity contribution in [1.82, 2.24) is 24.8 Å². The van der Waals surface area contributed by atoms with Gasteiger partial charge in [0.05, 0.1) is 23.8 Å². The molecule has 2 aromatic heterocycles. The standard InChI is InChI=1S/C19H22N6O2/c1-13-10-17(24(2)3)23-16(22-13)11-20-18(26)8-9-25-12-21-15-7-5-4-6-14(15)19(25)27/h4-7,10,12H,8-9,11H2,1-3H3,(H,20,26). The van der Waals surface area contributed by atoms with E-state index in [0.29, 0.717) is 16.7 Å². The number of aromatic nitrogens is 4. The van der Waals surface area contributed by atoms with E-state index >= 15 is 0 Å². The van der Waals surface area contributed by atoms with Gasteiger partial charge in [-0.3, -0.25) is 14.2 Å². The molecule has 0 unspecified atom stereocenters. The molecule has 2 heterocycles. The molecule has 0 atom stereocenters. The van der Waals surface area contributed by atoms with Crippen LogP contribution in [0.1, 0.15) is 17.9 Å². The summed E-state index contributed by atoms with van der Waals surface area (Å²) in [7, 11) is 3.80. The lowest BCUT2D eigenvalue weighted by atomic mass is 10.2. The molecule has 1 N–H and O–H groups in total. The van der Waals surface area contributed by atoms with Crippen LogP contribution in [0.15, 0.2) is 41.5 Å². The van der Waals surface area contributed by atoms with Crippen LogP contribution in [-0.4, -0.2) is 39.5 Å². The largest absolute Gasteiger partial charge is 0.363 e. The second-order valence-electron chi connectivity index (χ2n) is 6.47. The summed E-state index contributed by atoms with van der Waals surface area (Å²) in [5, 5.41) is 3.35. The molecule has 27 heavy (non-hydrogen) atoms. The van der Waals surface area contributed by atoms with Gasteiger partial charge in [-0.2, -0.15) is 0 Å². The quantitative estimate of drug-likeness (QED) is 0.706. The van der Waals surface area contributed by atoms with Crippen molar-refractivity contribution in [2.24, 2.45) is 0 Å². The summed E-state index contributed by atoms with van der Waals surface area (Å²) in [6.45, 7) is 2.39. The van der Waals surface area contributed by atoms with E-state index in [-0.39, 0.29) is 31.0 Å². The molecule has 3 aromatic rings. The van der Waals surface area contributed by atoms with Crippen LogP contribution < -0.4 is 15.8 Å². The molecule has 0 saturated carbocycles. The van der Waals surface area contributed by atoms with Crippen molar-refractivity contribution in [3.8, 4) is 0 Å². The second kappa shape index (κ2) is 7.94. The molecule has 0 spiro atoms. The molecule has 0 aliphatic carbocycles. The van der Waals surface area contributed by atoms with E-state index in [1.54, 1.807) is 18.2 Å². The summed E-state index contributed by atoms with van der Waals surface area (Å²) >= 11 is 0. The van der Waals surface area contributed by atoms with Crippen LogP contribution >= 0.6 is 0 Å². The molecule has 8 nitrogen and oxygen atoms in total. The van der Waals surface area contributed by atoms with Gasteiger partial charge in [-0.05, 0) is 19.1 Å². The van der Waals surface area contributed by atoms with Gasteiger partial charge in [0.2, 0.25) is 5.91 Å². The highest BCUT2D eigenvalue weighted by Crippen LogP contribution is 2.09. The zero-order chi connectivity index (χ0) is 19.4. The number of anilines is 1. The SMILES string of the molecule is Cc1cc(N(C)C)nc(CNC(=O)CCn2cnc3ccccc3c2=O)n1. The van der Waals surface area contributed by atoms with Crippen molar-refractivity contribution in [3.63, 3.8) is 0 Å².